The maximum atomic E-state index is 12.4. The van der Waals surface area contributed by atoms with Gasteiger partial charge >= 0.3 is 0 Å². The number of nitrogens with zero attached hydrogens (tertiary/aromatic N) is 2. The fraction of sp³-hybridized carbons (Fsp3) is 0.150. The van der Waals surface area contributed by atoms with E-state index >= 15 is 0 Å². The summed E-state index contributed by atoms with van der Waals surface area (Å²) in [5.41, 5.74) is 0.843. The van der Waals surface area contributed by atoms with Crippen LogP contribution >= 0.6 is 11.6 Å². The fourth-order valence-electron chi connectivity index (χ4n) is 2.74. The first kappa shape index (κ1) is 19.3. The van der Waals surface area contributed by atoms with E-state index in [-0.39, 0.29) is 17.0 Å². The van der Waals surface area contributed by atoms with Crippen LogP contribution in [0.15, 0.2) is 35.1 Å². The number of nitrogens with one attached hydrogen (secondary N) is 1. The number of rotatable bonds is 5. The van der Waals surface area contributed by atoms with Gasteiger partial charge in [-0.3, -0.25) is 4.79 Å². The summed E-state index contributed by atoms with van der Waals surface area (Å²) in [5.74, 6) is 1.48. The molecule has 3 aromatic rings. The Morgan fingerprint density at radius 2 is 1.82 bits per heavy atom. The van der Waals surface area contributed by atoms with Crippen molar-refractivity contribution in [1.29, 1.82) is 5.26 Å². The van der Waals surface area contributed by atoms with Crippen LogP contribution in [0.2, 0.25) is 5.02 Å². The zero-order chi connectivity index (χ0) is 20.3. The molecule has 0 radical (unpaired) electrons. The van der Waals surface area contributed by atoms with Crippen molar-refractivity contribution < 1.29 is 14.2 Å². The number of nitriles is 1. The number of ether oxygens (including phenoxy) is 3. The topological polar surface area (TPSA) is 97.2 Å². The van der Waals surface area contributed by atoms with Crippen LogP contribution in [0.5, 0.6) is 17.2 Å². The van der Waals surface area contributed by atoms with Crippen LogP contribution in [-0.4, -0.2) is 31.3 Å². The zero-order valence-corrected chi connectivity index (χ0v) is 16.1. The summed E-state index contributed by atoms with van der Waals surface area (Å²) in [7, 11) is 4.51. The monoisotopic (exact) mass is 397 g/mol. The molecule has 0 spiro atoms. The number of fused-ring (bicyclic) bond motifs is 1. The lowest BCUT2D eigenvalue weighted by Crippen LogP contribution is -2.11. The number of aromatic amines is 1. The number of methoxy groups -OCH3 is 3. The number of halogens is 1. The summed E-state index contributed by atoms with van der Waals surface area (Å²) >= 11 is 5.93. The van der Waals surface area contributed by atoms with Crippen molar-refractivity contribution in [1.82, 2.24) is 9.97 Å². The molecule has 0 aliphatic carbocycles. The zero-order valence-electron chi connectivity index (χ0n) is 15.4. The largest absolute Gasteiger partial charge is 0.493 e. The third-order valence-corrected chi connectivity index (χ3v) is 4.28. The molecule has 1 aromatic heterocycles. The van der Waals surface area contributed by atoms with Gasteiger partial charge in [0.1, 0.15) is 6.07 Å². The number of hydrogen-bond acceptors (Lipinski definition) is 6. The van der Waals surface area contributed by atoms with Crippen LogP contribution < -0.4 is 19.8 Å². The van der Waals surface area contributed by atoms with E-state index in [1.165, 1.54) is 27.4 Å². The van der Waals surface area contributed by atoms with Crippen LogP contribution in [0.25, 0.3) is 22.6 Å². The molecule has 1 heterocycles. The summed E-state index contributed by atoms with van der Waals surface area (Å²) in [4.78, 5) is 19.4. The Balaban J connectivity index is 2.15. The predicted octanol–water partition coefficient (Wildman–Crippen LogP) is 3.67. The molecule has 0 saturated heterocycles. The second kappa shape index (κ2) is 8.03. The van der Waals surface area contributed by atoms with Crippen LogP contribution in [0.4, 0.5) is 0 Å². The molecule has 142 valence electrons. The molecule has 0 atom stereocenters. The average Bonchev–Trinajstić information content (AvgIpc) is 2.71. The minimum Gasteiger partial charge on any atom is -0.493 e. The Morgan fingerprint density at radius 3 is 2.39 bits per heavy atom. The van der Waals surface area contributed by atoms with E-state index < -0.39 is 0 Å². The second-order valence-corrected chi connectivity index (χ2v) is 6.14. The predicted molar refractivity (Wildman–Crippen MR) is 107 cm³/mol. The van der Waals surface area contributed by atoms with Gasteiger partial charge in [-0.1, -0.05) is 11.6 Å². The molecule has 3 rings (SSSR count). The van der Waals surface area contributed by atoms with E-state index in [0.717, 1.165) is 0 Å². The van der Waals surface area contributed by atoms with Gasteiger partial charge in [-0.15, -0.1) is 0 Å². The van der Waals surface area contributed by atoms with Gasteiger partial charge in [0.05, 0.1) is 37.8 Å². The molecule has 7 nitrogen and oxygen atoms in total. The number of benzene rings is 2. The highest BCUT2D eigenvalue weighted by atomic mass is 35.5. The van der Waals surface area contributed by atoms with Crippen LogP contribution in [0.1, 0.15) is 11.4 Å². The van der Waals surface area contributed by atoms with Gasteiger partial charge in [0.2, 0.25) is 5.75 Å². The van der Waals surface area contributed by atoms with Crippen molar-refractivity contribution in [3.05, 3.63) is 57.1 Å². The van der Waals surface area contributed by atoms with Gasteiger partial charge in [-0.05, 0) is 42.0 Å². The van der Waals surface area contributed by atoms with Crippen molar-refractivity contribution in [2.24, 2.45) is 0 Å². The van der Waals surface area contributed by atoms with Gasteiger partial charge in [0, 0.05) is 5.02 Å². The molecule has 0 aliphatic rings. The van der Waals surface area contributed by atoms with Crippen LogP contribution in [0, 0.1) is 11.3 Å². The van der Waals surface area contributed by atoms with E-state index in [1.807, 2.05) is 0 Å². The van der Waals surface area contributed by atoms with Crippen molar-refractivity contribution in [3.8, 4) is 23.3 Å². The Kier molecular flexibility index (Phi) is 5.52. The first-order valence-electron chi connectivity index (χ1n) is 8.12. The normalized spacial score (nSPS) is 11.2. The first-order chi connectivity index (χ1) is 13.5. The molecule has 8 heteroatoms. The highest BCUT2D eigenvalue weighted by molar-refractivity contribution is 6.31. The van der Waals surface area contributed by atoms with E-state index in [9.17, 15) is 10.1 Å². The van der Waals surface area contributed by atoms with E-state index in [2.05, 4.69) is 16.0 Å². The molecular weight excluding hydrogens is 382 g/mol. The van der Waals surface area contributed by atoms with Gasteiger partial charge in [-0.2, -0.15) is 5.26 Å². The lowest BCUT2D eigenvalue weighted by atomic mass is 10.1. The molecule has 28 heavy (non-hydrogen) atoms. The minimum absolute atomic E-state index is 0.149. The van der Waals surface area contributed by atoms with Gasteiger partial charge in [-0.25, -0.2) is 4.98 Å². The summed E-state index contributed by atoms with van der Waals surface area (Å²) in [6.45, 7) is 0. The molecule has 2 aromatic carbocycles. The van der Waals surface area contributed by atoms with Crippen molar-refractivity contribution >= 4 is 34.2 Å². The second-order valence-electron chi connectivity index (χ2n) is 5.70. The number of aromatic nitrogens is 2. The third-order valence-electron chi connectivity index (χ3n) is 4.04. The molecule has 0 unspecified atom stereocenters. The minimum atomic E-state index is -0.381. The maximum Gasteiger partial charge on any atom is 0.259 e. The molecule has 0 bridgehead atoms. The molecule has 1 N–H and O–H groups in total. The Bertz CT molecular complexity index is 1150. The standard InChI is InChI=1S/C20H16ClN3O4/c1-26-16-7-11(8-17(27-2)18(16)28-3)6-12(10-22)19-23-15-5-4-13(21)9-14(15)20(25)24-19/h4-9H,1-3H3,(H,23,24,25). The lowest BCUT2D eigenvalue weighted by Gasteiger charge is -2.13. The van der Waals surface area contributed by atoms with E-state index in [4.69, 9.17) is 25.8 Å². The number of allylic oxidation sites excluding steroid dienone is 1. The van der Waals surface area contributed by atoms with Gasteiger partial charge in [0.25, 0.3) is 5.56 Å². The molecule has 0 amide bonds. The van der Waals surface area contributed by atoms with Gasteiger partial charge in [0.15, 0.2) is 17.3 Å². The van der Waals surface area contributed by atoms with E-state index in [1.54, 1.807) is 30.3 Å². The molecule has 0 fully saturated rings. The molecule has 0 saturated carbocycles. The summed E-state index contributed by atoms with van der Waals surface area (Å²) < 4.78 is 15.9. The summed E-state index contributed by atoms with van der Waals surface area (Å²) in [6, 6.07) is 10.2. The van der Waals surface area contributed by atoms with E-state index in [0.29, 0.717) is 38.7 Å². The highest BCUT2D eigenvalue weighted by Gasteiger charge is 2.14. The average molecular weight is 398 g/mol. The fourth-order valence-corrected chi connectivity index (χ4v) is 2.92. The van der Waals surface area contributed by atoms with Crippen molar-refractivity contribution in [2.75, 3.05) is 21.3 Å². The highest BCUT2D eigenvalue weighted by Crippen LogP contribution is 2.39. The SMILES string of the molecule is COc1cc(C=C(C#N)c2nc3ccc(Cl)cc3c(=O)[nH]2)cc(OC)c1OC. The van der Waals surface area contributed by atoms with Crippen molar-refractivity contribution in [2.45, 2.75) is 0 Å². The molecular formula is C20H16ClN3O4. The van der Waals surface area contributed by atoms with Gasteiger partial charge < -0.3 is 19.2 Å². The summed E-state index contributed by atoms with van der Waals surface area (Å²) in [5, 5.41) is 10.4. The Hall–Kier alpha value is -3.50. The van der Waals surface area contributed by atoms with Crippen LogP contribution in [0.3, 0.4) is 0 Å². The third kappa shape index (κ3) is 3.63. The van der Waals surface area contributed by atoms with Crippen LogP contribution in [-0.2, 0) is 0 Å². The smallest absolute Gasteiger partial charge is 0.259 e. The molecule has 0 aliphatic heterocycles. The Labute approximate surface area is 165 Å². The first-order valence-corrected chi connectivity index (χ1v) is 8.50. The number of hydrogen-bond donors (Lipinski definition) is 1. The lowest BCUT2D eigenvalue weighted by molar-refractivity contribution is 0.324. The maximum absolute atomic E-state index is 12.4. The number of H-pyrrole nitrogens is 1. The summed E-state index contributed by atoms with van der Waals surface area (Å²) in [6.07, 6.45) is 1.57. The Morgan fingerprint density at radius 1 is 1.14 bits per heavy atom. The quantitative estimate of drug-likeness (QED) is 0.660. The van der Waals surface area contributed by atoms with Crippen molar-refractivity contribution in [3.63, 3.8) is 0 Å².